The molecule has 1 aromatic carbocycles. The first kappa shape index (κ1) is 19.4. The van der Waals surface area contributed by atoms with Gasteiger partial charge >= 0.3 is 5.63 Å². The lowest BCUT2D eigenvalue weighted by Gasteiger charge is -2.34. The predicted molar refractivity (Wildman–Crippen MR) is 116 cm³/mol. The van der Waals surface area contributed by atoms with E-state index in [-0.39, 0.29) is 5.63 Å². The fourth-order valence-electron chi connectivity index (χ4n) is 4.11. The van der Waals surface area contributed by atoms with Gasteiger partial charge in [-0.2, -0.15) is 0 Å². The van der Waals surface area contributed by atoms with Gasteiger partial charge in [0.1, 0.15) is 5.58 Å². The van der Waals surface area contributed by atoms with Crippen LogP contribution in [-0.4, -0.2) is 36.0 Å². The molecule has 148 valence electrons. The number of thiophene rings is 1. The highest BCUT2D eigenvalue weighted by Crippen LogP contribution is 2.27. The Morgan fingerprint density at radius 2 is 1.79 bits per heavy atom. The summed E-state index contributed by atoms with van der Waals surface area (Å²) in [5.74, 6) is 0.449. The average molecular weight is 397 g/mol. The van der Waals surface area contributed by atoms with Crippen LogP contribution in [0.2, 0.25) is 0 Å². The summed E-state index contributed by atoms with van der Waals surface area (Å²) in [6, 6.07) is 10.3. The normalized spacial score (nSPS) is 16.3. The molecule has 28 heavy (non-hydrogen) atoms. The standard InChI is InChI=1S/C23H28N2O2S/c1-16(2)20-13-21-18(12-23(26)27-22(21)11-17(20)3)14-24-6-8-25(9-7-24)15-19-5-4-10-28-19/h4-5,10-13,16H,6-9,14-15H2,1-3H3. The molecular formula is C23H28N2O2S. The highest BCUT2D eigenvalue weighted by Gasteiger charge is 2.19. The zero-order valence-corrected chi connectivity index (χ0v) is 17.7. The van der Waals surface area contributed by atoms with Crippen molar-refractivity contribution >= 4 is 22.3 Å². The monoisotopic (exact) mass is 396 g/mol. The Morgan fingerprint density at radius 3 is 2.43 bits per heavy atom. The highest BCUT2D eigenvalue weighted by molar-refractivity contribution is 7.09. The molecule has 1 fully saturated rings. The maximum atomic E-state index is 12.1. The van der Waals surface area contributed by atoms with E-state index in [4.69, 9.17) is 4.42 Å². The molecule has 0 bridgehead atoms. The molecule has 2 aromatic heterocycles. The van der Waals surface area contributed by atoms with E-state index in [2.05, 4.69) is 54.2 Å². The molecule has 1 saturated heterocycles. The first-order chi connectivity index (χ1) is 13.5. The molecule has 0 atom stereocenters. The van der Waals surface area contributed by atoms with Gasteiger partial charge in [-0.15, -0.1) is 11.3 Å². The number of piperazine rings is 1. The van der Waals surface area contributed by atoms with Crippen molar-refractivity contribution in [3.05, 3.63) is 67.7 Å². The number of hydrogen-bond acceptors (Lipinski definition) is 5. The Labute approximate surface area is 170 Å². The first-order valence-electron chi connectivity index (χ1n) is 10.0. The molecule has 0 aliphatic carbocycles. The SMILES string of the molecule is Cc1cc2oc(=O)cc(CN3CCN(Cc4cccs4)CC3)c2cc1C(C)C. The van der Waals surface area contributed by atoms with Crippen molar-refractivity contribution in [2.45, 2.75) is 39.8 Å². The van der Waals surface area contributed by atoms with E-state index in [0.29, 0.717) is 11.5 Å². The minimum absolute atomic E-state index is 0.254. The molecule has 0 radical (unpaired) electrons. The van der Waals surface area contributed by atoms with Crippen LogP contribution in [0.1, 0.15) is 41.3 Å². The smallest absolute Gasteiger partial charge is 0.336 e. The van der Waals surface area contributed by atoms with Gasteiger partial charge < -0.3 is 4.42 Å². The molecule has 3 heterocycles. The summed E-state index contributed by atoms with van der Waals surface area (Å²) in [4.78, 5) is 18.5. The minimum Gasteiger partial charge on any atom is -0.423 e. The van der Waals surface area contributed by atoms with Crippen LogP contribution in [0, 0.1) is 6.92 Å². The molecule has 0 spiro atoms. The van der Waals surface area contributed by atoms with Crippen molar-refractivity contribution in [2.24, 2.45) is 0 Å². The Balaban J connectivity index is 1.51. The fraction of sp³-hybridized carbons (Fsp3) is 0.435. The molecule has 1 aliphatic rings. The van der Waals surface area contributed by atoms with Crippen molar-refractivity contribution < 1.29 is 4.42 Å². The summed E-state index contributed by atoms with van der Waals surface area (Å²) in [5, 5.41) is 3.22. The van der Waals surface area contributed by atoms with Crippen LogP contribution in [0.4, 0.5) is 0 Å². The van der Waals surface area contributed by atoms with Crippen LogP contribution < -0.4 is 5.63 Å². The predicted octanol–water partition coefficient (Wildman–Crippen LogP) is 4.60. The number of nitrogens with zero attached hydrogens (tertiary/aromatic N) is 2. The summed E-state index contributed by atoms with van der Waals surface area (Å²) >= 11 is 1.83. The third-order valence-corrected chi connectivity index (χ3v) is 6.52. The molecule has 3 aromatic rings. The average Bonchev–Trinajstić information content (AvgIpc) is 3.15. The second-order valence-electron chi connectivity index (χ2n) is 8.08. The highest BCUT2D eigenvalue weighted by atomic mass is 32.1. The van der Waals surface area contributed by atoms with Crippen LogP contribution in [0.15, 0.2) is 44.9 Å². The van der Waals surface area contributed by atoms with Gasteiger partial charge in [0.05, 0.1) is 0 Å². The Bertz CT molecular complexity index is 999. The maximum Gasteiger partial charge on any atom is 0.336 e. The van der Waals surface area contributed by atoms with Gasteiger partial charge in [-0.25, -0.2) is 4.79 Å². The second kappa shape index (κ2) is 8.19. The third-order valence-electron chi connectivity index (χ3n) is 5.66. The Morgan fingerprint density at radius 1 is 1.07 bits per heavy atom. The maximum absolute atomic E-state index is 12.1. The van der Waals surface area contributed by atoms with Crippen LogP contribution in [-0.2, 0) is 13.1 Å². The van der Waals surface area contributed by atoms with Crippen molar-refractivity contribution in [1.29, 1.82) is 0 Å². The number of aryl methyl sites for hydroxylation is 1. The number of hydrogen-bond donors (Lipinski definition) is 0. The topological polar surface area (TPSA) is 36.7 Å². The minimum atomic E-state index is -0.254. The van der Waals surface area contributed by atoms with Crippen LogP contribution in [0.3, 0.4) is 0 Å². The third kappa shape index (κ3) is 4.22. The summed E-state index contributed by atoms with van der Waals surface area (Å²) in [5.41, 5.74) is 4.05. The van der Waals surface area contributed by atoms with E-state index in [1.54, 1.807) is 6.07 Å². The molecule has 0 unspecified atom stereocenters. The van der Waals surface area contributed by atoms with E-state index >= 15 is 0 Å². The second-order valence-corrected chi connectivity index (χ2v) is 9.11. The summed E-state index contributed by atoms with van der Waals surface area (Å²) in [6.07, 6.45) is 0. The van der Waals surface area contributed by atoms with Gasteiger partial charge in [-0.05, 0) is 53.1 Å². The fourth-order valence-corrected chi connectivity index (χ4v) is 4.86. The van der Waals surface area contributed by atoms with Gasteiger partial charge in [-0.1, -0.05) is 19.9 Å². The molecule has 1 aliphatic heterocycles. The summed E-state index contributed by atoms with van der Waals surface area (Å²) < 4.78 is 5.50. The van der Waals surface area contributed by atoms with Crippen LogP contribution >= 0.6 is 11.3 Å². The lowest BCUT2D eigenvalue weighted by Crippen LogP contribution is -2.45. The summed E-state index contributed by atoms with van der Waals surface area (Å²) in [7, 11) is 0. The van der Waals surface area contributed by atoms with E-state index in [9.17, 15) is 4.79 Å². The van der Waals surface area contributed by atoms with Gasteiger partial charge in [0.2, 0.25) is 0 Å². The molecule has 4 rings (SSSR count). The summed E-state index contributed by atoms with van der Waals surface area (Å²) in [6.45, 7) is 12.5. The first-order valence-corrected chi connectivity index (χ1v) is 10.9. The van der Waals surface area contributed by atoms with Crippen LogP contribution in [0.25, 0.3) is 11.0 Å². The zero-order valence-electron chi connectivity index (χ0n) is 16.9. The number of rotatable bonds is 5. The van der Waals surface area contributed by atoms with E-state index in [1.807, 2.05) is 17.4 Å². The van der Waals surface area contributed by atoms with Crippen molar-refractivity contribution in [2.75, 3.05) is 26.2 Å². The number of fused-ring (bicyclic) bond motifs is 1. The Hall–Kier alpha value is -1.95. The lowest BCUT2D eigenvalue weighted by atomic mass is 9.95. The van der Waals surface area contributed by atoms with Crippen molar-refractivity contribution in [3.63, 3.8) is 0 Å². The molecule has 0 amide bonds. The molecule has 0 N–H and O–H groups in total. The molecule has 4 nitrogen and oxygen atoms in total. The van der Waals surface area contributed by atoms with E-state index in [1.165, 1.54) is 16.0 Å². The van der Waals surface area contributed by atoms with Crippen molar-refractivity contribution in [1.82, 2.24) is 9.80 Å². The Kier molecular flexibility index (Phi) is 5.67. The van der Waals surface area contributed by atoms with E-state index in [0.717, 1.165) is 50.2 Å². The van der Waals surface area contributed by atoms with Gasteiger partial charge in [-0.3, -0.25) is 9.80 Å². The molecule has 5 heteroatoms. The van der Waals surface area contributed by atoms with Crippen molar-refractivity contribution in [3.8, 4) is 0 Å². The van der Waals surface area contributed by atoms with Gasteiger partial charge in [0.15, 0.2) is 0 Å². The lowest BCUT2D eigenvalue weighted by molar-refractivity contribution is 0.123. The molecular weight excluding hydrogens is 368 g/mol. The number of benzene rings is 1. The zero-order chi connectivity index (χ0) is 19.7. The van der Waals surface area contributed by atoms with Crippen LogP contribution in [0.5, 0.6) is 0 Å². The largest absolute Gasteiger partial charge is 0.423 e. The van der Waals surface area contributed by atoms with Gasteiger partial charge in [0, 0.05) is 55.6 Å². The van der Waals surface area contributed by atoms with Gasteiger partial charge in [0.25, 0.3) is 0 Å². The quantitative estimate of drug-likeness (QED) is 0.591. The molecule has 0 saturated carbocycles. The van der Waals surface area contributed by atoms with E-state index < -0.39 is 0 Å².